The molecule has 1 spiro atoms. The number of hydrogen-bond donors (Lipinski definition) is 0. The number of hydrogen-bond acceptors (Lipinski definition) is 3. The van der Waals surface area contributed by atoms with Gasteiger partial charge in [0.15, 0.2) is 0 Å². The first-order valence-corrected chi connectivity index (χ1v) is 20.6. The van der Waals surface area contributed by atoms with Crippen LogP contribution in [0.4, 0.5) is 17.1 Å². The Morgan fingerprint density at radius 3 is 1.70 bits per heavy atom. The van der Waals surface area contributed by atoms with Gasteiger partial charge in [0, 0.05) is 55.7 Å². The second kappa shape index (κ2) is 12.6. The third-order valence-corrected chi connectivity index (χ3v) is 12.9. The molecule has 1 aromatic heterocycles. The van der Waals surface area contributed by atoms with Crippen LogP contribution >= 0.6 is 0 Å². The van der Waals surface area contributed by atoms with E-state index in [0.717, 1.165) is 88.7 Å². The van der Waals surface area contributed by atoms with Crippen molar-refractivity contribution in [3.8, 4) is 33.8 Å². The molecule has 0 atom stereocenters. The van der Waals surface area contributed by atoms with Gasteiger partial charge in [0.1, 0.15) is 22.7 Å². The molecule has 280 valence electrons. The predicted octanol–water partition coefficient (Wildman–Crippen LogP) is 15.5. The van der Waals surface area contributed by atoms with E-state index >= 15 is 0 Å². The van der Waals surface area contributed by atoms with Gasteiger partial charge in [0.2, 0.25) is 0 Å². The minimum atomic E-state index is -0.640. The molecule has 60 heavy (non-hydrogen) atoms. The molecule has 0 amide bonds. The highest BCUT2D eigenvalue weighted by Gasteiger charge is 2.52. The fourth-order valence-electron chi connectivity index (χ4n) is 10.4. The number of furan rings is 1. The predicted molar refractivity (Wildman–Crippen MR) is 246 cm³/mol. The first-order chi connectivity index (χ1) is 29.8. The second-order valence-corrected chi connectivity index (χ2v) is 15.9. The molecule has 11 aromatic rings. The summed E-state index contributed by atoms with van der Waals surface area (Å²) in [6.07, 6.45) is 0. The van der Waals surface area contributed by atoms with Gasteiger partial charge >= 0.3 is 0 Å². The number of rotatable bonds is 4. The maximum atomic E-state index is 7.22. The van der Waals surface area contributed by atoms with Gasteiger partial charge < -0.3 is 14.1 Å². The van der Waals surface area contributed by atoms with Crippen LogP contribution in [-0.4, -0.2) is 0 Å². The Balaban J connectivity index is 1.10. The lowest BCUT2D eigenvalue weighted by atomic mass is 9.65. The van der Waals surface area contributed by atoms with Crippen LogP contribution in [0, 0.1) is 0 Å². The van der Waals surface area contributed by atoms with Gasteiger partial charge in [-0.1, -0.05) is 170 Å². The molecule has 0 radical (unpaired) electrons. The van der Waals surface area contributed by atoms with Gasteiger partial charge in [-0.15, -0.1) is 0 Å². The minimum absolute atomic E-state index is 0.640. The summed E-state index contributed by atoms with van der Waals surface area (Å²) in [6.45, 7) is 0. The molecule has 0 unspecified atom stereocenters. The molecule has 0 bridgehead atoms. The number of ether oxygens (including phenoxy) is 1. The van der Waals surface area contributed by atoms with Crippen molar-refractivity contribution >= 4 is 60.5 Å². The molecule has 0 fully saturated rings. The van der Waals surface area contributed by atoms with Gasteiger partial charge in [-0.2, -0.15) is 0 Å². The number of para-hydroxylation sites is 3. The van der Waals surface area contributed by atoms with Gasteiger partial charge in [0.05, 0.1) is 11.1 Å². The van der Waals surface area contributed by atoms with Crippen LogP contribution in [0.25, 0.3) is 65.7 Å². The molecule has 0 saturated carbocycles. The first-order valence-electron chi connectivity index (χ1n) is 20.6. The monoisotopic (exact) mass is 765 g/mol. The summed E-state index contributed by atoms with van der Waals surface area (Å²) in [4.78, 5) is 2.37. The summed E-state index contributed by atoms with van der Waals surface area (Å²) in [7, 11) is 0. The summed E-state index contributed by atoms with van der Waals surface area (Å²) in [5, 5.41) is 6.77. The fraction of sp³-hybridized carbons (Fsp3) is 0.0175. The standard InChI is InChI=1S/C57H35NO2/c1-2-17-38(18-3-1)58(39-31-32-44-43-22-10-13-28-52(43)59-53(44)35-39)51-27-12-9-21-42(51)45-24-14-26-48-54(45)46-23-8-11-25-47(46)57(48)49-33-29-36-15-4-6-19-40(36)55(49)60-56-41-20-7-5-16-37(41)30-34-50(56)57/h1-35H. The van der Waals surface area contributed by atoms with Crippen molar-refractivity contribution in [3.05, 3.63) is 235 Å². The quantitative estimate of drug-likeness (QED) is 0.178. The molecule has 3 heteroatoms. The van der Waals surface area contributed by atoms with Crippen molar-refractivity contribution in [2.45, 2.75) is 5.41 Å². The van der Waals surface area contributed by atoms with Gasteiger partial charge in [-0.25, -0.2) is 0 Å². The molecule has 10 aromatic carbocycles. The van der Waals surface area contributed by atoms with Crippen LogP contribution in [0.15, 0.2) is 217 Å². The van der Waals surface area contributed by atoms with Crippen molar-refractivity contribution in [2.24, 2.45) is 0 Å². The summed E-state index contributed by atoms with van der Waals surface area (Å²) in [5.41, 5.74) is 13.9. The van der Waals surface area contributed by atoms with Crippen LogP contribution in [-0.2, 0) is 5.41 Å². The van der Waals surface area contributed by atoms with Crippen molar-refractivity contribution in [1.29, 1.82) is 0 Å². The first kappa shape index (κ1) is 33.1. The summed E-state index contributed by atoms with van der Waals surface area (Å²) < 4.78 is 13.7. The molecule has 13 rings (SSSR count). The van der Waals surface area contributed by atoms with Crippen LogP contribution in [0.2, 0.25) is 0 Å². The van der Waals surface area contributed by atoms with Crippen molar-refractivity contribution in [2.75, 3.05) is 4.90 Å². The number of benzene rings is 10. The van der Waals surface area contributed by atoms with E-state index in [4.69, 9.17) is 9.15 Å². The van der Waals surface area contributed by atoms with Crippen molar-refractivity contribution in [3.63, 3.8) is 0 Å². The highest BCUT2D eigenvalue weighted by Crippen LogP contribution is 2.65. The number of anilines is 3. The van der Waals surface area contributed by atoms with Crippen molar-refractivity contribution < 1.29 is 9.15 Å². The molecule has 2 heterocycles. The average Bonchev–Trinajstić information content (AvgIpc) is 3.83. The highest BCUT2D eigenvalue weighted by molar-refractivity contribution is 6.07. The van der Waals surface area contributed by atoms with E-state index in [2.05, 4.69) is 205 Å². The number of fused-ring (bicyclic) bond motifs is 16. The Labute approximate surface area is 347 Å². The van der Waals surface area contributed by atoms with Crippen LogP contribution < -0.4 is 9.64 Å². The maximum Gasteiger partial charge on any atom is 0.140 e. The lowest BCUT2D eigenvalue weighted by molar-refractivity contribution is 0.447. The molecule has 3 nitrogen and oxygen atoms in total. The zero-order valence-electron chi connectivity index (χ0n) is 32.5. The number of nitrogens with zero attached hydrogens (tertiary/aromatic N) is 1. The van der Waals surface area contributed by atoms with Gasteiger partial charge in [-0.05, 0) is 75.0 Å². The third-order valence-electron chi connectivity index (χ3n) is 12.9. The minimum Gasteiger partial charge on any atom is -0.456 e. The zero-order chi connectivity index (χ0) is 39.4. The maximum absolute atomic E-state index is 7.22. The average molecular weight is 766 g/mol. The highest BCUT2D eigenvalue weighted by atomic mass is 16.5. The Morgan fingerprint density at radius 1 is 0.350 bits per heavy atom. The van der Waals surface area contributed by atoms with E-state index in [9.17, 15) is 0 Å². The second-order valence-electron chi connectivity index (χ2n) is 15.9. The topological polar surface area (TPSA) is 25.6 Å². The van der Waals surface area contributed by atoms with Crippen LogP contribution in [0.5, 0.6) is 11.5 Å². The van der Waals surface area contributed by atoms with E-state index in [1.54, 1.807) is 0 Å². The molecular weight excluding hydrogens is 731 g/mol. The Hall–Kier alpha value is -7.88. The molecule has 0 N–H and O–H groups in total. The lowest BCUT2D eigenvalue weighted by Gasteiger charge is -2.40. The lowest BCUT2D eigenvalue weighted by Crippen LogP contribution is -2.32. The normalized spacial score (nSPS) is 13.3. The zero-order valence-corrected chi connectivity index (χ0v) is 32.5. The van der Waals surface area contributed by atoms with Crippen LogP contribution in [0.3, 0.4) is 0 Å². The molecule has 0 saturated heterocycles. The molecular formula is C57H35NO2. The van der Waals surface area contributed by atoms with E-state index < -0.39 is 5.41 Å². The Bertz CT molecular complexity index is 3460. The molecule has 2 aliphatic rings. The van der Waals surface area contributed by atoms with Crippen LogP contribution in [0.1, 0.15) is 22.3 Å². The van der Waals surface area contributed by atoms with E-state index in [-0.39, 0.29) is 0 Å². The van der Waals surface area contributed by atoms with E-state index in [0.29, 0.717) is 0 Å². The summed E-state index contributed by atoms with van der Waals surface area (Å²) in [5.74, 6) is 1.84. The SMILES string of the molecule is c1ccc(N(c2ccc3c(c2)oc2ccccc23)c2ccccc2-c2cccc3c2-c2ccccc2C32c3ccc4ccccc4c3Oc3c2ccc2ccccc32)cc1. The summed E-state index contributed by atoms with van der Waals surface area (Å²) in [6, 6.07) is 76.7. The van der Waals surface area contributed by atoms with Gasteiger partial charge in [0.25, 0.3) is 0 Å². The van der Waals surface area contributed by atoms with Gasteiger partial charge in [-0.3, -0.25) is 0 Å². The largest absolute Gasteiger partial charge is 0.456 e. The summed E-state index contributed by atoms with van der Waals surface area (Å²) >= 11 is 0. The Kier molecular flexibility index (Phi) is 6.93. The van der Waals surface area contributed by atoms with Crippen molar-refractivity contribution in [1.82, 2.24) is 0 Å². The third kappa shape index (κ3) is 4.49. The molecule has 1 aliphatic carbocycles. The smallest absolute Gasteiger partial charge is 0.140 e. The fourth-order valence-corrected chi connectivity index (χ4v) is 10.4. The molecule has 1 aliphatic heterocycles. The van der Waals surface area contributed by atoms with E-state index in [1.807, 2.05) is 12.1 Å². The van der Waals surface area contributed by atoms with E-state index in [1.165, 1.54) is 27.8 Å². The Morgan fingerprint density at radius 2 is 0.933 bits per heavy atom.